The van der Waals surface area contributed by atoms with E-state index in [0.29, 0.717) is 22.0 Å². The topological polar surface area (TPSA) is 91.8 Å². The van der Waals surface area contributed by atoms with Gasteiger partial charge in [-0.3, -0.25) is 19.3 Å². The fraction of sp³-hybridized carbons (Fsp3) is 0.158. The van der Waals surface area contributed by atoms with Gasteiger partial charge in [0.1, 0.15) is 6.54 Å². The highest BCUT2D eigenvalue weighted by molar-refractivity contribution is 7.71. The first-order valence-corrected chi connectivity index (χ1v) is 8.73. The van der Waals surface area contributed by atoms with Gasteiger partial charge in [0, 0.05) is 23.9 Å². The van der Waals surface area contributed by atoms with Crippen molar-refractivity contribution < 1.29 is 9.59 Å². The molecule has 138 valence electrons. The second-order valence-electron chi connectivity index (χ2n) is 6.12. The number of carbonyl (C=O) groups is 2. The van der Waals surface area contributed by atoms with Gasteiger partial charge in [0.15, 0.2) is 10.6 Å². The summed E-state index contributed by atoms with van der Waals surface area (Å²) < 4.78 is 2.02. The van der Waals surface area contributed by atoms with E-state index in [0.717, 1.165) is 11.1 Å². The van der Waals surface area contributed by atoms with Gasteiger partial charge in [0.05, 0.1) is 0 Å². The summed E-state index contributed by atoms with van der Waals surface area (Å²) >= 11 is 5.27. The SMILES string of the molecule is CC(=O)Nc1cccc(NC(=O)Cn2c(-c3cccc(C)c3)n[nH]c2=S)c1. The Kier molecular flexibility index (Phi) is 5.46. The zero-order chi connectivity index (χ0) is 19.4. The van der Waals surface area contributed by atoms with Crippen LogP contribution in [0.1, 0.15) is 12.5 Å². The number of rotatable bonds is 5. The molecule has 0 saturated carbocycles. The molecule has 27 heavy (non-hydrogen) atoms. The number of aromatic nitrogens is 3. The van der Waals surface area contributed by atoms with E-state index in [2.05, 4.69) is 20.8 Å². The van der Waals surface area contributed by atoms with Crippen LogP contribution in [-0.4, -0.2) is 26.6 Å². The highest BCUT2D eigenvalue weighted by Gasteiger charge is 2.13. The van der Waals surface area contributed by atoms with Crippen LogP contribution < -0.4 is 10.6 Å². The molecule has 0 aliphatic heterocycles. The normalized spacial score (nSPS) is 10.4. The Balaban J connectivity index is 1.78. The summed E-state index contributed by atoms with van der Waals surface area (Å²) in [5.74, 6) is 0.179. The van der Waals surface area contributed by atoms with Crippen LogP contribution in [0.4, 0.5) is 11.4 Å². The van der Waals surface area contributed by atoms with E-state index in [-0.39, 0.29) is 18.4 Å². The van der Waals surface area contributed by atoms with Crippen molar-refractivity contribution >= 4 is 35.4 Å². The molecule has 0 bridgehead atoms. The van der Waals surface area contributed by atoms with Crippen LogP contribution in [0.2, 0.25) is 0 Å². The molecule has 3 N–H and O–H groups in total. The summed E-state index contributed by atoms with van der Waals surface area (Å²) in [5.41, 5.74) is 3.16. The molecular formula is C19H19N5O2S. The minimum Gasteiger partial charge on any atom is -0.326 e. The van der Waals surface area contributed by atoms with Crippen molar-refractivity contribution in [3.05, 3.63) is 58.9 Å². The van der Waals surface area contributed by atoms with Gasteiger partial charge >= 0.3 is 0 Å². The lowest BCUT2D eigenvalue weighted by Crippen LogP contribution is -2.19. The first-order valence-electron chi connectivity index (χ1n) is 8.32. The first-order chi connectivity index (χ1) is 12.9. The summed E-state index contributed by atoms with van der Waals surface area (Å²) in [4.78, 5) is 23.7. The molecule has 7 nitrogen and oxygen atoms in total. The van der Waals surface area contributed by atoms with Crippen LogP contribution in [0.25, 0.3) is 11.4 Å². The van der Waals surface area contributed by atoms with Crippen molar-refractivity contribution in [1.82, 2.24) is 14.8 Å². The summed E-state index contributed by atoms with van der Waals surface area (Å²) in [6.07, 6.45) is 0. The number of H-pyrrole nitrogens is 1. The second kappa shape index (κ2) is 7.96. The molecule has 0 unspecified atom stereocenters. The second-order valence-corrected chi connectivity index (χ2v) is 6.50. The van der Waals surface area contributed by atoms with Gasteiger partial charge in [-0.2, -0.15) is 5.10 Å². The summed E-state index contributed by atoms with van der Waals surface area (Å²) in [7, 11) is 0. The number of hydrogen-bond donors (Lipinski definition) is 3. The minimum absolute atomic E-state index is 0.0168. The van der Waals surface area contributed by atoms with Crippen molar-refractivity contribution in [3.8, 4) is 11.4 Å². The maximum atomic E-state index is 12.5. The van der Waals surface area contributed by atoms with Crippen molar-refractivity contribution in [1.29, 1.82) is 0 Å². The Morgan fingerprint density at radius 2 is 1.81 bits per heavy atom. The molecule has 3 rings (SSSR count). The van der Waals surface area contributed by atoms with Crippen molar-refractivity contribution in [2.75, 3.05) is 10.6 Å². The summed E-state index contributed by atoms with van der Waals surface area (Å²) in [5, 5.41) is 12.5. The van der Waals surface area contributed by atoms with Crippen molar-refractivity contribution in [3.63, 3.8) is 0 Å². The third-order valence-electron chi connectivity index (χ3n) is 3.80. The van der Waals surface area contributed by atoms with Crippen LogP contribution in [0, 0.1) is 11.7 Å². The van der Waals surface area contributed by atoms with Crippen LogP contribution in [0.3, 0.4) is 0 Å². The predicted octanol–water partition coefficient (Wildman–Crippen LogP) is 3.51. The quantitative estimate of drug-likeness (QED) is 0.590. The van der Waals surface area contributed by atoms with E-state index in [1.54, 1.807) is 28.8 Å². The molecule has 0 spiro atoms. The lowest BCUT2D eigenvalue weighted by atomic mass is 10.1. The Hall–Kier alpha value is -3.26. The summed E-state index contributed by atoms with van der Waals surface area (Å²) in [6, 6.07) is 14.8. The standard InChI is InChI=1S/C19H19N5O2S/c1-12-5-3-6-14(9-12)18-22-23-19(27)24(18)11-17(26)21-16-8-4-7-15(10-16)20-13(2)25/h3-10H,11H2,1-2H3,(H,20,25)(H,21,26)(H,23,27). The van der Waals surface area contributed by atoms with E-state index < -0.39 is 0 Å². The third-order valence-corrected chi connectivity index (χ3v) is 4.11. The number of anilines is 2. The van der Waals surface area contributed by atoms with E-state index in [1.807, 2.05) is 31.2 Å². The van der Waals surface area contributed by atoms with Crippen LogP contribution in [-0.2, 0) is 16.1 Å². The largest absolute Gasteiger partial charge is 0.326 e. The lowest BCUT2D eigenvalue weighted by Gasteiger charge is -2.10. The predicted molar refractivity (Wildman–Crippen MR) is 107 cm³/mol. The fourth-order valence-corrected chi connectivity index (χ4v) is 2.89. The van der Waals surface area contributed by atoms with Gasteiger partial charge in [-0.15, -0.1) is 0 Å². The fourth-order valence-electron chi connectivity index (χ4n) is 2.69. The molecule has 0 radical (unpaired) electrons. The van der Waals surface area contributed by atoms with Gasteiger partial charge in [-0.25, -0.2) is 0 Å². The third kappa shape index (κ3) is 4.68. The molecule has 3 aromatic rings. The van der Waals surface area contributed by atoms with E-state index in [1.165, 1.54) is 6.92 Å². The van der Waals surface area contributed by atoms with E-state index in [4.69, 9.17) is 12.2 Å². The Morgan fingerprint density at radius 3 is 2.52 bits per heavy atom. The zero-order valence-corrected chi connectivity index (χ0v) is 15.8. The number of aromatic amines is 1. The first kappa shape index (κ1) is 18.5. The lowest BCUT2D eigenvalue weighted by molar-refractivity contribution is -0.117. The number of benzene rings is 2. The molecule has 0 saturated heterocycles. The number of nitrogens with one attached hydrogen (secondary N) is 3. The molecule has 0 fully saturated rings. The maximum Gasteiger partial charge on any atom is 0.244 e. The smallest absolute Gasteiger partial charge is 0.244 e. The van der Waals surface area contributed by atoms with Crippen LogP contribution >= 0.6 is 12.2 Å². The molecule has 1 heterocycles. The molecule has 0 aliphatic carbocycles. The van der Waals surface area contributed by atoms with Crippen LogP contribution in [0.15, 0.2) is 48.5 Å². The average molecular weight is 381 g/mol. The van der Waals surface area contributed by atoms with Gasteiger partial charge in [-0.05, 0) is 43.4 Å². The van der Waals surface area contributed by atoms with Gasteiger partial charge < -0.3 is 10.6 Å². The molecule has 0 aliphatic rings. The number of carbonyl (C=O) groups excluding carboxylic acids is 2. The zero-order valence-electron chi connectivity index (χ0n) is 14.9. The molecule has 0 atom stereocenters. The molecule has 1 aromatic heterocycles. The number of hydrogen-bond acceptors (Lipinski definition) is 4. The van der Waals surface area contributed by atoms with Crippen LogP contribution in [0.5, 0.6) is 0 Å². The molecule has 2 amide bonds. The molecule has 8 heteroatoms. The Morgan fingerprint density at radius 1 is 1.11 bits per heavy atom. The van der Waals surface area contributed by atoms with Crippen molar-refractivity contribution in [2.24, 2.45) is 0 Å². The number of amides is 2. The van der Waals surface area contributed by atoms with Gasteiger partial charge in [0.25, 0.3) is 0 Å². The van der Waals surface area contributed by atoms with E-state index >= 15 is 0 Å². The van der Waals surface area contributed by atoms with E-state index in [9.17, 15) is 9.59 Å². The average Bonchev–Trinajstić information content (AvgIpc) is 2.95. The Labute approximate surface area is 161 Å². The minimum atomic E-state index is -0.249. The Bertz CT molecular complexity index is 1050. The molecule has 2 aromatic carbocycles. The molecular weight excluding hydrogens is 362 g/mol. The number of nitrogens with zero attached hydrogens (tertiary/aromatic N) is 2. The van der Waals surface area contributed by atoms with Crippen molar-refractivity contribution in [2.45, 2.75) is 20.4 Å². The highest BCUT2D eigenvalue weighted by atomic mass is 32.1. The van der Waals surface area contributed by atoms with Gasteiger partial charge in [-0.1, -0.05) is 29.8 Å². The summed E-state index contributed by atoms with van der Waals surface area (Å²) in [6.45, 7) is 3.44. The maximum absolute atomic E-state index is 12.5. The highest BCUT2D eigenvalue weighted by Crippen LogP contribution is 2.19. The monoisotopic (exact) mass is 381 g/mol. The number of aryl methyl sites for hydroxylation is 1. The van der Waals surface area contributed by atoms with Gasteiger partial charge in [0.2, 0.25) is 11.8 Å².